The van der Waals surface area contributed by atoms with Crippen LogP contribution in [-0.2, 0) is 0 Å². The molecule has 62 valence electrons. The molecule has 0 aromatic carbocycles. The van der Waals surface area contributed by atoms with Crippen LogP contribution in [0, 0.1) is 4.77 Å². The molecule has 1 N–H and O–H groups in total. The number of nitrogens with zero attached hydrogens (tertiary/aromatic N) is 1. The maximum Gasteiger partial charge on any atom is 0.261 e. The Bertz CT molecular complexity index is 401. The van der Waals surface area contributed by atoms with Crippen LogP contribution in [0.1, 0.15) is 4.79 Å². The number of H-pyrrole nitrogens is 1. The summed E-state index contributed by atoms with van der Waals surface area (Å²) in [5.74, 6) is -0.526. The van der Waals surface area contributed by atoms with Gasteiger partial charge in [-0.2, -0.15) is 0 Å². The molecule has 1 heterocycles. The Kier molecular flexibility index (Phi) is 2.35. The van der Waals surface area contributed by atoms with Gasteiger partial charge < -0.3 is 4.98 Å². The first kappa shape index (κ1) is 8.61. The number of hydrogen-bond acceptors (Lipinski definition) is 3. The Morgan fingerprint density at radius 1 is 1.75 bits per heavy atom. The number of hydrogen-bond donors (Lipinski definition) is 1. The zero-order valence-electron chi connectivity index (χ0n) is 6.11. The molecule has 0 saturated carbocycles. The van der Waals surface area contributed by atoms with Crippen molar-refractivity contribution in [2.24, 2.45) is 0 Å². The molecule has 1 aromatic heterocycles. The summed E-state index contributed by atoms with van der Waals surface area (Å²) >= 11 is 4.72. The molecule has 0 aliphatic rings. The van der Waals surface area contributed by atoms with Crippen LogP contribution in [0.25, 0.3) is 0 Å². The summed E-state index contributed by atoms with van der Waals surface area (Å²) in [6, 6.07) is 1.22. The largest absolute Gasteiger partial charge is 0.338 e. The van der Waals surface area contributed by atoms with Crippen LogP contribution in [0.2, 0.25) is 0 Å². The molecule has 0 aliphatic heterocycles. The molecular weight excluding hydrogens is 176 g/mol. The quantitative estimate of drug-likeness (QED) is 0.514. The van der Waals surface area contributed by atoms with Gasteiger partial charge in [0.1, 0.15) is 0 Å². The fourth-order valence-electron chi connectivity index (χ4n) is 0.723. The van der Waals surface area contributed by atoms with Gasteiger partial charge in [0, 0.05) is 12.3 Å². The van der Waals surface area contributed by atoms with Gasteiger partial charge in [-0.3, -0.25) is 9.59 Å². The number of rotatable bonds is 1. The summed E-state index contributed by atoms with van der Waals surface area (Å²) in [5, 5.41) is 0. The van der Waals surface area contributed by atoms with Crippen LogP contribution in [0.4, 0.5) is 0 Å². The van der Waals surface area contributed by atoms with E-state index in [-0.39, 0.29) is 4.77 Å². The van der Waals surface area contributed by atoms with Gasteiger partial charge in [-0.05, 0) is 18.3 Å². The van der Waals surface area contributed by atoms with Crippen molar-refractivity contribution < 1.29 is 4.79 Å². The van der Waals surface area contributed by atoms with E-state index in [1.54, 1.807) is 0 Å². The smallest absolute Gasteiger partial charge is 0.261 e. The lowest BCUT2D eigenvalue weighted by Crippen LogP contribution is -2.25. The van der Waals surface area contributed by atoms with Crippen molar-refractivity contribution in [3.8, 4) is 0 Å². The molecule has 0 bridgehead atoms. The standard InChI is InChI=1S/C7H6N2O2S/c1-2-5(10)9-6(11)3-4-8-7(9)12/h2-4H,1H2,(H,8,12). The first-order valence-electron chi connectivity index (χ1n) is 3.14. The zero-order chi connectivity index (χ0) is 9.14. The number of carbonyl (C=O) groups is 1. The molecule has 0 unspecified atom stereocenters. The number of aromatic nitrogens is 2. The summed E-state index contributed by atoms with van der Waals surface area (Å²) < 4.78 is 0.912. The van der Waals surface area contributed by atoms with Crippen molar-refractivity contribution in [2.45, 2.75) is 0 Å². The molecule has 0 fully saturated rings. The lowest BCUT2D eigenvalue weighted by atomic mass is 10.5. The maximum atomic E-state index is 11.0. The number of aromatic amines is 1. The second kappa shape index (κ2) is 3.27. The second-order valence-electron chi connectivity index (χ2n) is 2.00. The monoisotopic (exact) mass is 182 g/mol. The number of nitrogens with one attached hydrogen (secondary N) is 1. The minimum absolute atomic E-state index is 0.0763. The first-order valence-corrected chi connectivity index (χ1v) is 3.55. The zero-order valence-corrected chi connectivity index (χ0v) is 6.93. The molecule has 4 nitrogen and oxygen atoms in total. The molecule has 0 amide bonds. The lowest BCUT2D eigenvalue weighted by Gasteiger charge is -1.97. The van der Waals surface area contributed by atoms with Crippen LogP contribution in [-0.4, -0.2) is 15.5 Å². The third-order valence-electron chi connectivity index (χ3n) is 1.25. The molecule has 0 atom stereocenters. The third kappa shape index (κ3) is 1.40. The van der Waals surface area contributed by atoms with E-state index >= 15 is 0 Å². The summed E-state index contributed by atoms with van der Waals surface area (Å²) in [7, 11) is 0. The van der Waals surface area contributed by atoms with Gasteiger partial charge in [0.25, 0.3) is 11.5 Å². The molecule has 1 aromatic rings. The van der Waals surface area contributed by atoms with Crippen molar-refractivity contribution >= 4 is 18.1 Å². The highest BCUT2D eigenvalue weighted by Crippen LogP contribution is 1.83. The van der Waals surface area contributed by atoms with E-state index in [1.807, 2.05) is 0 Å². The first-order chi connectivity index (χ1) is 5.66. The van der Waals surface area contributed by atoms with Crippen molar-refractivity contribution in [3.63, 3.8) is 0 Å². The molecule has 0 radical (unpaired) electrons. The SMILES string of the molecule is C=CC(=O)n1c(=O)cc[nH]c1=S. The Balaban J connectivity index is 3.52. The van der Waals surface area contributed by atoms with E-state index in [9.17, 15) is 9.59 Å². The molecule has 0 spiro atoms. The van der Waals surface area contributed by atoms with E-state index in [1.165, 1.54) is 12.3 Å². The Hall–Kier alpha value is -1.49. The second-order valence-corrected chi connectivity index (χ2v) is 2.39. The van der Waals surface area contributed by atoms with Crippen molar-refractivity contribution in [1.29, 1.82) is 0 Å². The minimum Gasteiger partial charge on any atom is -0.338 e. The summed E-state index contributed by atoms with van der Waals surface area (Å²) in [4.78, 5) is 24.6. The van der Waals surface area contributed by atoms with E-state index in [4.69, 9.17) is 12.2 Å². The predicted molar refractivity (Wildman–Crippen MR) is 46.7 cm³/mol. The maximum absolute atomic E-state index is 11.0. The normalized spacial score (nSPS) is 9.33. The fraction of sp³-hybridized carbons (Fsp3) is 0. The van der Waals surface area contributed by atoms with Crippen LogP contribution < -0.4 is 5.56 Å². The van der Waals surface area contributed by atoms with E-state index < -0.39 is 11.5 Å². The van der Waals surface area contributed by atoms with Crippen LogP contribution >= 0.6 is 12.2 Å². The molecule has 0 saturated heterocycles. The van der Waals surface area contributed by atoms with E-state index in [0.717, 1.165) is 10.6 Å². The van der Waals surface area contributed by atoms with Gasteiger partial charge in [-0.25, -0.2) is 4.57 Å². The predicted octanol–water partition coefficient (Wildman–Crippen LogP) is 0.732. The molecular formula is C7H6N2O2S. The highest BCUT2D eigenvalue weighted by atomic mass is 32.1. The Morgan fingerprint density at radius 2 is 2.42 bits per heavy atom. The van der Waals surface area contributed by atoms with E-state index in [0.29, 0.717) is 0 Å². The van der Waals surface area contributed by atoms with Gasteiger partial charge in [-0.1, -0.05) is 6.58 Å². The van der Waals surface area contributed by atoms with Crippen LogP contribution in [0.5, 0.6) is 0 Å². The Morgan fingerprint density at radius 3 is 2.92 bits per heavy atom. The lowest BCUT2D eigenvalue weighted by molar-refractivity contribution is 0.0962. The van der Waals surface area contributed by atoms with Gasteiger partial charge in [0.15, 0.2) is 4.77 Å². The van der Waals surface area contributed by atoms with Crippen molar-refractivity contribution in [3.05, 3.63) is 40.0 Å². The van der Waals surface area contributed by atoms with Gasteiger partial charge in [-0.15, -0.1) is 0 Å². The minimum atomic E-state index is -0.526. The molecule has 1 rings (SSSR count). The van der Waals surface area contributed by atoms with Crippen molar-refractivity contribution in [1.82, 2.24) is 9.55 Å². The fourth-order valence-corrected chi connectivity index (χ4v) is 0.971. The summed E-state index contributed by atoms with van der Waals surface area (Å²) in [6.45, 7) is 3.25. The highest BCUT2D eigenvalue weighted by Gasteiger charge is 2.02. The highest BCUT2D eigenvalue weighted by molar-refractivity contribution is 7.71. The van der Waals surface area contributed by atoms with Gasteiger partial charge in [0.05, 0.1) is 0 Å². The van der Waals surface area contributed by atoms with E-state index in [2.05, 4.69) is 11.6 Å². The van der Waals surface area contributed by atoms with Crippen LogP contribution in [0.15, 0.2) is 29.7 Å². The third-order valence-corrected chi connectivity index (χ3v) is 1.55. The number of allylic oxidation sites excluding steroid dienone is 1. The number of carbonyl (C=O) groups excluding carboxylic acids is 1. The molecule has 12 heavy (non-hydrogen) atoms. The Labute approximate surface area is 73.2 Å². The van der Waals surface area contributed by atoms with Crippen molar-refractivity contribution in [2.75, 3.05) is 0 Å². The summed E-state index contributed by atoms with van der Waals surface area (Å²) in [6.07, 6.45) is 2.42. The molecule has 5 heteroatoms. The molecule has 0 aliphatic carbocycles. The topological polar surface area (TPSA) is 54.9 Å². The van der Waals surface area contributed by atoms with Crippen LogP contribution in [0.3, 0.4) is 0 Å². The average Bonchev–Trinajstić information content (AvgIpc) is 2.03. The van der Waals surface area contributed by atoms with Gasteiger partial charge in [0.2, 0.25) is 0 Å². The van der Waals surface area contributed by atoms with Gasteiger partial charge >= 0.3 is 0 Å². The average molecular weight is 182 g/mol. The summed E-state index contributed by atoms with van der Waals surface area (Å²) in [5.41, 5.74) is -0.455.